The molecular weight excluding hydrogens is 1890 g/mol. The van der Waals surface area contributed by atoms with E-state index in [1.54, 1.807) is 40.4 Å². The minimum Gasteiger partial charge on any atom is -0.508 e. The van der Waals surface area contributed by atoms with Gasteiger partial charge in [0.1, 0.15) is 70.7 Å². The number of phenols is 1. The van der Waals surface area contributed by atoms with Crippen LogP contribution in [-0.2, 0) is 48.6 Å². The Morgan fingerprint density at radius 2 is 0.679 bits per heavy atom. The molecular formula is C121H121Br2ClN6O10. The van der Waals surface area contributed by atoms with E-state index in [4.69, 9.17) is 44.8 Å². The van der Waals surface area contributed by atoms with Crippen molar-refractivity contribution in [3.63, 3.8) is 0 Å². The standard InChI is InChI=1S/C43H45N3O4.C34H28BrNO2.C29H26O2.C10H19NO2.C5H3BrClN/c1-43(2,3)50-42(47)46-26-24-45(25-27-46)35-17-23-40(44-29-35)49-36-18-14-33(15-19-36)41-38(32-12-8-5-9-13-32)21-16-34-28-37(20-22-39(34)41)48-30-31-10-6-4-7-11-31;35-28-14-20-33(36-22-28)38-29-15-11-26(12-16-29)34-31(25-9-5-2-6-10-25)18-13-27-21-30(17-19-32(27)34)37-23-24-7-3-1-4-8-24;30-25-14-11-23(12-15-25)29-27(22-9-5-2-6-10-22)17-13-24-19-26(16-18-28(24)29)31-20-21-7-3-1-4-8-21;1-10(2,3)13-9(12)11-7-5-4-6-8-11;6-4-1-2-5(7)8-3-4/h4-15,17-20,22-23,28-29,38,41H,16,21,24-27,30H2,1-3H3;1-12,14-17,19-22,31,34H,13,18,23H2;1-12,14-16,18-19,27,29-30H,13,17,20H2;4-8H2,1-3H3;1-3H/t38-,41+;31-,34+;27-,29+;;/m111../s1. The highest BCUT2D eigenvalue weighted by Gasteiger charge is 2.37. The zero-order valence-corrected chi connectivity index (χ0v) is 84.2. The number of hydrogen-bond donors (Lipinski definition) is 1. The van der Waals surface area contributed by atoms with Gasteiger partial charge in [-0.25, -0.2) is 24.5 Å². The van der Waals surface area contributed by atoms with Gasteiger partial charge in [-0.2, -0.15) is 0 Å². The Morgan fingerprint density at radius 3 is 1.01 bits per heavy atom. The third-order valence-electron chi connectivity index (χ3n) is 25.7. The van der Waals surface area contributed by atoms with Crippen LogP contribution in [0.15, 0.2) is 373 Å². The molecule has 0 radical (unpaired) electrons. The number of rotatable bonds is 20. The van der Waals surface area contributed by atoms with E-state index in [2.05, 4.69) is 282 Å². The fourth-order valence-corrected chi connectivity index (χ4v) is 19.6. The number of fused-ring (bicyclic) bond motifs is 3. The van der Waals surface area contributed by atoms with Crippen LogP contribution in [0.4, 0.5) is 15.3 Å². The number of ether oxygens (including phenoxy) is 7. The summed E-state index contributed by atoms with van der Waals surface area (Å²) in [6, 6.07) is 119. The molecule has 6 atom stereocenters. The summed E-state index contributed by atoms with van der Waals surface area (Å²) in [5.74, 6) is 7.62. The van der Waals surface area contributed by atoms with Crippen LogP contribution in [0.2, 0.25) is 5.15 Å². The molecule has 0 saturated carbocycles. The van der Waals surface area contributed by atoms with E-state index < -0.39 is 5.60 Å². The van der Waals surface area contributed by atoms with E-state index in [1.165, 1.54) is 84.3 Å². The molecule has 20 rings (SSSR count). The van der Waals surface area contributed by atoms with Crippen LogP contribution in [0.25, 0.3) is 0 Å². The Kier molecular flexibility index (Phi) is 34.4. The monoisotopic (exact) mass is 2010 g/mol. The minimum absolute atomic E-state index is 0.160. The van der Waals surface area contributed by atoms with Gasteiger partial charge in [-0.15, -0.1) is 0 Å². The number of nitrogens with zero attached hydrogens (tertiary/aromatic N) is 6. The SMILES string of the molecule is Brc1ccc(Oc2ccc([C@@H]3c4ccc(OCc5ccccc5)cc4CC[C@@H]3c3ccccc3)cc2)nc1.CC(C)(C)OC(=O)N1CCCCC1.CC(C)(C)OC(=O)N1CCN(c2ccc(Oc3ccc([C@@H]4c5ccc(OCc6ccccc6)cc5CC[C@@H]4c4ccccc4)cc3)nc2)CC1.Clc1ccc(Br)cn1.Oc1ccc([C@@H]2c3ccc(OCc4ccccc4)cc3CC[C@@H]2c2ccccc2)cc1. The number of pyridine rings is 3. The van der Waals surface area contributed by atoms with E-state index in [0.717, 1.165) is 126 Å². The van der Waals surface area contributed by atoms with Gasteiger partial charge in [0, 0.05) is 90.5 Å². The Hall–Kier alpha value is -13.5. The molecule has 15 aromatic rings. The molecule has 140 heavy (non-hydrogen) atoms. The number of carbonyl (C=O) groups is 2. The highest BCUT2D eigenvalue weighted by molar-refractivity contribution is 9.10. The summed E-state index contributed by atoms with van der Waals surface area (Å²) >= 11 is 12.1. The Morgan fingerprint density at radius 1 is 0.350 bits per heavy atom. The van der Waals surface area contributed by atoms with Crippen molar-refractivity contribution in [1.82, 2.24) is 24.8 Å². The van der Waals surface area contributed by atoms with Crippen LogP contribution in [0.5, 0.6) is 46.3 Å². The van der Waals surface area contributed by atoms with Gasteiger partial charge in [0.05, 0.1) is 11.9 Å². The third kappa shape index (κ3) is 28.2. The summed E-state index contributed by atoms with van der Waals surface area (Å²) in [7, 11) is 0. The normalized spacial score (nSPS) is 16.9. The second-order valence-electron chi connectivity index (χ2n) is 37.9. The number of hydrogen-bond acceptors (Lipinski definition) is 14. The molecule has 3 aliphatic carbocycles. The second-order valence-corrected chi connectivity index (χ2v) is 40.1. The number of aromatic hydroxyl groups is 1. The fraction of sp³-hybridized carbons (Fsp3) is 0.264. The van der Waals surface area contributed by atoms with Crippen LogP contribution in [0, 0.1) is 0 Å². The fourth-order valence-electron chi connectivity index (χ4n) is 19.0. The lowest BCUT2D eigenvalue weighted by Gasteiger charge is -2.36. The van der Waals surface area contributed by atoms with Crippen LogP contribution in [0.3, 0.4) is 0 Å². The first-order valence-electron chi connectivity index (χ1n) is 48.5. The summed E-state index contributed by atoms with van der Waals surface area (Å²) in [5, 5.41) is 10.3. The number of aryl methyl sites for hydroxylation is 3. The van der Waals surface area contributed by atoms with Crippen LogP contribution < -0.4 is 28.6 Å². The molecule has 16 nitrogen and oxygen atoms in total. The maximum Gasteiger partial charge on any atom is 0.410 e. The topological polar surface area (TPSA) is 167 Å². The minimum atomic E-state index is -0.497. The number of piperazine rings is 1. The van der Waals surface area contributed by atoms with Crippen LogP contribution in [0.1, 0.15) is 199 Å². The summed E-state index contributed by atoms with van der Waals surface area (Å²) in [4.78, 5) is 42.5. The number of piperidine rings is 1. The quantitative estimate of drug-likeness (QED) is 0.0716. The van der Waals surface area contributed by atoms with E-state index >= 15 is 0 Å². The number of carbonyl (C=O) groups excluding carboxylic acids is 2. The maximum atomic E-state index is 12.4. The molecule has 2 saturated heterocycles. The van der Waals surface area contributed by atoms with Gasteiger partial charge in [-0.1, -0.05) is 248 Å². The van der Waals surface area contributed by atoms with Crippen molar-refractivity contribution in [3.8, 4) is 46.3 Å². The highest BCUT2D eigenvalue weighted by Crippen LogP contribution is 2.51. The average molecular weight is 2010 g/mol. The second kappa shape index (κ2) is 48.4. The van der Waals surface area contributed by atoms with Crippen molar-refractivity contribution in [1.29, 1.82) is 0 Å². The predicted octanol–water partition coefficient (Wildman–Crippen LogP) is 30.2. The molecule has 716 valence electrons. The first kappa shape index (κ1) is 99.5. The predicted molar refractivity (Wildman–Crippen MR) is 566 cm³/mol. The van der Waals surface area contributed by atoms with Crippen LogP contribution in [-0.4, -0.2) is 92.5 Å². The lowest BCUT2D eigenvalue weighted by molar-refractivity contribution is 0.0212. The molecule has 0 bridgehead atoms. The molecule has 0 spiro atoms. The van der Waals surface area contributed by atoms with Crippen LogP contribution >= 0.6 is 43.5 Å². The van der Waals surface area contributed by atoms with Crippen molar-refractivity contribution in [2.45, 2.75) is 166 Å². The molecule has 1 N–H and O–H groups in total. The number of likely N-dealkylation sites (tertiary alicyclic amines) is 1. The maximum absolute atomic E-state index is 12.4. The van der Waals surface area contributed by atoms with Crippen molar-refractivity contribution in [2.75, 3.05) is 44.2 Å². The zero-order valence-electron chi connectivity index (χ0n) is 80.3. The lowest BCUT2D eigenvalue weighted by atomic mass is 9.69. The van der Waals surface area contributed by atoms with Gasteiger partial charge in [-0.3, -0.25) is 0 Å². The molecule has 0 unspecified atom stereocenters. The van der Waals surface area contributed by atoms with Gasteiger partial charge in [0.15, 0.2) is 0 Å². The smallest absolute Gasteiger partial charge is 0.410 e. The van der Waals surface area contributed by atoms with E-state index in [1.807, 2.05) is 145 Å². The molecule has 12 aromatic carbocycles. The number of anilines is 1. The molecule has 3 aromatic heterocycles. The van der Waals surface area contributed by atoms with E-state index in [9.17, 15) is 14.7 Å². The summed E-state index contributed by atoms with van der Waals surface area (Å²) in [6.45, 7) is 17.4. The lowest BCUT2D eigenvalue weighted by Crippen LogP contribution is -2.50. The number of phenolic OH excluding ortho intramolecular Hbond substituents is 1. The first-order chi connectivity index (χ1) is 68.1. The van der Waals surface area contributed by atoms with Crippen molar-refractivity contribution in [2.24, 2.45) is 0 Å². The van der Waals surface area contributed by atoms with Gasteiger partial charge < -0.3 is 53.0 Å². The third-order valence-corrected chi connectivity index (χ3v) is 26.9. The molecule has 5 aliphatic rings. The zero-order chi connectivity index (χ0) is 97.2. The van der Waals surface area contributed by atoms with E-state index in [0.29, 0.717) is 73.3 Å². The van der Waals surface area contributed by atoms with Gasteiger partial charge in [0.2, 0.25) is 11.8 Å². The molecule has 2 amide bonds. The Bertz CT molecular complexity index is 6400. The summed E-state index contributed by atoms with van der Waals surface area (Å²) in [6.07, 6.45) is 14.6. The first-order valence-corrected chi connectivity index (χ1v) is 50.5. The number of amides is 2. The van der Waals surface area contributed by atoms with Gasteiger partial charge in [0.25, 0.3) is 0 Å². The largest absolute Gasteiger partial charge is 0.508 e. The number of benzene rings is 12. The Balaban J connectivity index is 0.000000139. The van der Waals surface area contributed by atoms with Crippen molar-refractivity contribution < 1.29 is 47.9 Å². The summed E-state index contributed by atoms with van der Waals surface area (Å²) in [5.41, 5.74) is 19.7. The Labute approximate surface area is 846 Å². The molecule has 2 aliphatic heterocycles. The highest BCUT2D eigenvalue weighted by atomic mass is 79.9. The number of halogens is 3. The molecule has 19 heteroatoms. The van der Waals surface area contributed by atoms with E-state index in [-0.39, 0.29) is 35.5 Å². The molecule has 2 fully saturated rings. The van der Waals surface area contributed by atoms with Gasteiger partial charge >= 0.3 is 12.2 Å². The molecule has 5 heterocycles. The number of aromatic nitrogens is 3. The van der Waals surface area contributed by atoms with Crippen molar-refractivity contribution >= 4 is 61.3 Å². The summed E-state index contributed by atoms with van der Waals surface area (Å²) < 4.78 is 43.3. The van der Waals surface area contributed by atoms with Crippen molar-refractivity contribution in [3.05, 3.63) is 462 Å². The van der Waals surface area contributed by atoms with Gasteiger partial charge in [-0.05, 0) is 329 Å². The average Bonchev–Trinajstić information content (AvgIpc) is 0.775.